The zero-order chi connectivity index (χ0) is 22.4. The summed E-state index contributed by atoms with van der Waals surface area (Å²) < 4.78 is 11.6. The number of nitrogens with one attached hydrogen (secondary N) is 1. The molecular weight excluding hydrogens is 406 g/mol. The van der Waals surface area contributed by atoms with Crippen LogP contribution in [-0.4, -0.2) is 11.7 Å². The Morgan fingerprint density at radius 3 is 2.59 bits per heavy atom. The molecule has 0 radical (unpaired) electrons. The van der Waals surface area contributed by atoms with Crippen molar-refractivity contribution in [2.75, 3.05) is 5.32 Å². The number of anilines is 1. The summed E-state index contributed by atoms with van der Waals surface area (Å²) >= 11 is 0. The van der Waals surface area contributed by atoms with Gasteiger partial charge in [0.15, 0.2) is 5.78 Å². The number of carbonyl (C=O) groups excluding carboxylic acids is 2. The maximum atomic E-state index is 12.7. The fourth-order valence-corrected chi connectivity index (χ4v) is 4.53. The lowest BCUT2D eigenvalue weighted by molar-refractivity contribution is -0.115. The van der Waals surface area contributed by atoms with Crippen molar-refractivity contribution >= 4 is 39.3 Å². The molecule has 0 saturated carbocycles. The molecule has 6 heteroatoms. The van der Waals surface area contributed by atoms with Gasteiger partial charge in [-0.1, -0.05) is 12.1 Å². The normalized spacial score (nSPS) is 13.3. The molecule has 1 N–H and O–H groups in total. The van der Waals surface area contributed by atoms with Gasteiger partial charge < -0.3 is 14.2 Å². The minimum absolute atomic E-state index is 0.0835. The highest BCUT2D eigenvalue weighted by Gasteiger charge is 2.21. The number of hydrogen-bond donors (Lipinski definition) is 1. The number of Topliss-reactive ketones (excluding diaryl/α,β-unsaturated/α-hetero) is 1. The first kappa shape index (κ1) is 20.2. The maximum Gasteiger partial charge on any atom is 0.340 e. The number of carbonyl (C=O) groups is 2. The highest BCUT2D eigenvalue weighted by atomic mass is 16.4. The third-order valence-electron chi connectivity index (χ3n) is 6.25. The van der Waals surface area contributed by atoms with Gasteiger partial charge in [0.2, 0.25) is 5.91 Å². The van der Waals surface area contributed by atoms with Crippen LogP contribution in [0.15, 0.2) is 50.0 Å². The van der Waals surface area contributed by atoms with E-state index in [2.05, 4.69) is 5.32 Å². The van der Waals surface area contributed by atoms with Crippen molar-refractivity contribution in [2.45, 2.75) is 46.0 Å². The highest BCUT2D eigenvalue weighted by Crippen LogP contribution is 2.35. The third-order valence-corrected chi connectivity index (χ3v) is 6.25. The SMILES string of the molecule is CC(=O)c1cccc(NC(=O)Cc2c(C)c3cc4c5c(oc4cc3oc2=O)CCCC5)c1. The zero-order valence-corrected chi connectivity index (χ0v) is 18.0. The van der Waals surface area contributed by atoms with Crippen LogP contribution in [0.3, 0.4) is 0 Å². The minimum atomic E-state index is -0.529. The Morgan fingerprint density at radius 1 is 1.00 bits per heavy atom. The van der Waals surface area contributed by atoms with E-state index in [-0.39, 0.29) is 18.1 Å². The van der Waals surface area contributed by atoms with Gasteiger partial charge in [0.05, 0.1) is 12.0 Å². The van der Waals surface area contributed by atoms with Gasteiger partial charge in [-0.15, -0.1) is 0 Å². The molecule has 0 unspecified atom stereocenters. The number of ketones is 1. The predicted molar refractivity (Wildman–Crippen MR) is 122 cm³/mol. The van der Waals surface area contributed by atoms with Crippen molar-refractivity contribution in [1.29, 1.82) is 0 Å². The van der Waals surface area contributed by atoms with Crippen LogP contribution < -0.4 is 10.9 Å². The van der Waals surface area contributed by atoms with Crippen LogP contribution in [-0.2, 0) is 24.1 Å². The molecule has 1 aliphatic rings. The molecule has 2 aromatic heterocycles. The smallest absolute Gasteiger partial charge is 0.340 e. The lowest BCUT2D eigenvalue weighted by atomic mass is 9.94. The lowest BCUT2D eigenvalue weighted by Crippen LogP contribution is -2.20. The van der Waals surface area contributed by atoms with Gasteiger partial charge in [-0.3, -0.25) is 9.59 Å². The Bertz CT molecular complexity index is 1460. The van der Waals surface area contributed by atoms with E-state index < -0.39 is 5.63 Å². The van der Waals surface area contributed by atoms with Crippen LogP contribution in [0.25, 0.3) is 21.9 Å². The van der Waals surface area contributed by atoms with Crippen LogP contribution in [0.4, 0.5) is 5.69 Å². The lowest BCUT2D eigenvalue weighted by Gasteiger charge is -2.10. The van der Waals surface area contributed by atoms with E-state index in [1.165, 1.54) is 12.5 Å². The van der Waals surface area contributed by atoms with Crippen molar-refractivity contribution in [3.05, 3.63) is 74.8 Å². The van der Waals surface area contributed by atoms with Crippen molar-refractivity contribution < 1.29 is 18.4 Å². The molecule has 1 amide bonds. The molecule has 32 heavy (non-hydrogen) atoms. The van der Waals surface area contributed by atoms with Gasteiger partial charge in [0, 0.05) is 40.1 Å². The molecular formula is C26H23NO5. The van der Waals surface area contributed by atoms with Crippen LogP contribution in [0.1, 0.15) is 52.6 Å². The van der Waals surface area contributed by atoms with Gasteiger partial charge in [-0.2, -0.15) is 0 Å². The predicted octanol–water partition coefficient (Wildman–Crippen LogP) is 5.11. The molecule has 0 saturated heterocycles. The summed E-state index contributed by atoms with van der Waals surface area (Å²) in [4.78, 5) is 36.9. The Hall–Kier alpha value is -3.67. The quantitative estimate of drug-likeness (QED) is 0.360. The molecule has 5 rings (SSSR count). The number of hydrogen-bond acceptors (Lipinski definition) is 5. The first-order valence-corrected chi connectivity index (χ1v) is 10.8. The van der Waals surface area contributed by atoms with Crippen molar-refractivity contribution in [3.63, 3.8) is 0 Å². The van der Waals surface area contributed by atoms with E-state index in [1.807, 2.05) is 13.0 Å². The van der Waals surface area contributed by atoms with Gasteiger partial charge in [0.25, 0.3) is 0 Å². The number of rotatable bonds is 4. The Morgan fingerprint density at radius 2 is 1.78 bits per heavy atom. The van der Waals surface area contributed by atoms with Crippen LogP contribution in [0.5, 0.6) is 0 Å². The zero-order valence-electron chi connectivity index (χ0n) is 18.0. The number of furan rings is 1. The van der Waals surface area contributed by atoms with Crippen LogP contribution >= 0.6 is 0 Å². The molecule has 2 heterocycles. The van der Waals surface area contributed by atoms with Crippen LogP contribution in [0, 0.1) is 6.92 Å². The molecule has 0 aliphatic heterocycles. The van der Waals surface area contributed by atoms with E-state index in [9.17, 15) is 14.4 Å². The molecule has 4 aromatic rings. The summed E-state index contributed by atoms with van der Waals surface area (Å²) in [6.45, 7) is 3.31. The first-order valence-electron chi connectivity index (χ1n) is 10.8. The van der Waals surface area contributed by atoms with Gasteiger partial charge >= 0.3 is 5.63 Å². The van der Waals surface area contributed by atoms with E-state index >= 15 is 0 Å². The molecule has 2 aromatic carbocycles. The van der Waals surface area contributed by atoms with Crippen molar-refractivity contribution in [2.24, 2.45) is 0 Å². The second-order valence-electron chi connectivity index (χ2n) is 8.41. The van der Waals surface area contributed by atoms with E-state index in [4.69, 9.17) is 8.83 Å². The highest BCUT2D eigenvalue weighted by molar-refractivity contribution is 5.99. The monoisotopic (exact) mass is 429 g/mol. The number of amides is 1. The molecule has 0 bridgehead atoms. The Labute approximate surface area is 184 Å². The average molecular weight is 429 g/mol. The first-order chi connectivity index (χ1) is 15.4. The summed E-state index contributed by atoms with van der Waals surface area (Å²) in [7, 11) is 0. The third kappa shape index (κ3) is 3.51. The Kier molecular flexibility index (Phi) is 4.93. The van der Waals surface area contributed by atoms with Gasteiger partial charge in [0.1, 0.15) is 16.9 Å². The molecule has 0 atom stereocenters. The standard InChI is InChI=1S/C26H23NO5/c1-14-19-11-21-18-8-3-4-9-22(18)31-24(21)13-23(19)32-26(30)20(14)12-25(29)27-17-7-5-6-16(10-17)15(2)28/h5-7,10-11,13H,3-4,8-9,12H2,1-2H3,(H,27,29). The molecule has 0 fully saturated rings. The average Bonchev–Trinajstić information content (AvgIpc) is 3.13. The van der Waals surface area contributed by atoms with E-state index in [1.54, 1.807) is 30.3 Å². The number of aryl methyl sites for hydroxylation is 3. The Balaban J connectivity index is 1.50. The van der Waals surface area contributed by atoms with Crippen LogP contribution in [0.2, 0.25) is 0 Å². The second kappa shape index (κ2) is 7.79. The molecule has 1 aliphatic carbocycles. The fraction of sp³-hybridized carbons (Fsp3) is 0.269. The molecule has 162 valence electrons. The maximum absolute atomic E-state index is 12.7. The summed E-state index contributed by atoms with van der Waals surface area (Å²) in [6, 6.07) is 10.5. The molecule has 0 spiro atoms. The largest absolute Gasteiger partial charge is 0.461 e. The molecule has 6 nitrogen and oxygen atoms in total. The number of fused-ring (bicyclic) bond motifs is 4. The van der Waals surface area contributed by atoms with Gasteiger partial charge in [-0.05, 0) is 56.9 Å². The second-order valence-corrected chi connectivity index (χ2v) is 8.41. The van der Waals surface area contributed by atoms with Crippen molar-refractivity contribution in [1.82, 2.24) is 0 Å². The topological polar surface area (TPSA) is 89.5 Å². The summed E-state index contributed by atoms with van der Waals surface area (Å²) in [5.41, 5.74) is 3.99. The minimum Gasteiger partial charge on any atom is -0.461 e. The van der Waals surface area contributed by atoms with E-state index in [0.717, 1.165) is 53.4 Å². The summed E-state index contributed by atoms with van der Waals surface area (Å²) in [5, 5.41) is 4.64. The summed E-state index contributed by atoms with van der Waals surface area (Å²) in [6.07, 6.45) is 4.06. The van der Waals surface area contributed by atoms with Crippen molar-refractivity contribution in [3.8, 4) is 0 Å². The summed E-state index contributed by atoms with van der Waals surface area (Å²) in [5.74, 6) is 0.594. The van der Waals surface area contributed by atoms with Gasteiger partial charge in [-0.25, -0.2) is 4.79 Å². The van der Waals surface area contributed by atoms with E-state index in [0.29, 0.717) is 22.4 Å². The fourth-order valence-electron chi connectivity index (χ4n) is 4.53. The number of benzene rings is 2.